The van der Waals surface area contributed by atoms with Crippen molar-refractivity contribution in [2.45, 2.75) is 97.9 Å². The smallest absolute Gasteiger partial charge is 0.101 e. The number of fused-ring (bicyclic) bond motifs is 3. The van der Waals surface area contributed by atoms with Crippen LogP contribution in [-0.4, -0.2) is 48.0 Å². The minimum atomic E-state index is -0.342. The second-order valence-corrected chi connectivity index (χ2v) is 12.5. The third-order valence-electron chi connectivity index (χ3n) is 8.74. The fraction of sp³-hybridized carbons (Fsp3) is 0.567. The highest BCUT2D eigenvalue weighted by Gasteiger charge is 2.39. The molecule has 0 saturated carbocycles. The summed E-state index contributed by atoms with van der Waals surface area (Å²) in [7, 11) is 2.25. The predicted molar refractivity (Wildman–Crippen MR) is 152 cm³/mol. The van der Waals surface area contributed by atoms with Crippen LogP contribution in [0.3, 0.4) is 0 Å². The number of rotatable bonds is 5. The zero-order valence-electron chi connectivity index (χ0n) is 24.2. The van der Waals surface area contributed by atoms with Gasteiger partial charge in [-0.2, -0.15) is 10.2 Å². The van der Waals surface area contributed by atoms with Crippen LogP contribution in [0.4, 0.5) is 0 Å². The van der Waals surface area contributed by atoms with Gasteiger partial charge in [0.2, 0.25) is 0 Å². The molecule has 2 aliphatic heterocycles. The van der Waals surface area contributed by atoms with E-state index in [2.05, 4.69) is 92.3 Å². The van der Waals surface area contributed by atoms with Crippen LogP contribution >= 0.6 is 0 Å². The number of likely N-dealkylation sites (N-methyl/N-ethyl adjacent to an activating group) is 1. The standard InChI is InChI=1S/C30H42N8/c1-17(2)24-11-25-21(14-32-24)19(5)28(33-25)27-12-26-22(16-36(27)8)29(35-38(26)18(3)4)30(6,7)37-15-20-13-31-10-9-23(20)34-37/h11,14-15,17-18,27,31,33H,9-10,12-13,16H2,1-8H3. The van der Waals surface area contributed by atoms with Gasteiger partial charge in [-0.1, -0.05) is 13.8 Å². The monoisotopic (exact) mass is 514 g/mol. The largest absolute Gasteiger partial charge is 0.357 e. The molecule has 0 saturated heterocycles. The number of nitrogens with zero attached hydrogens (tertiary/aromatic N) is 6. The van der Waals surface area contributed by atoms with Crippen molar-refractivity contribution in [3.63, 3.8) is 0 Å². The Bertz CT molecular complexity index is 1470. The van der Waals surface area contributed by atoms with Crippen molar-refractivity contribution in [2.75, 3.05) is 13.6 Å². The lowest BCUT2D eigenvalue weighted by Crippen LogP contribution is -2.35. The number of nitrogens with one attached hydrogen (secondary N) is 2. The van der Waals surface area contributed by atoms with Gasteiger partial charge in [-0.3, -0.25) is 19.2 Å². The number of aryl methyl sites for hydroxylation is 1. The molecule has 0 radical (unpaired) electrons. The molecular formula is C30H42N8. The number of aromatic nitrogens is 6. The van der Waals surface area contributed by atoms with E-state index in [-0.39, 0.29) is 17.6 Å². The van der Waals surface area contributed by atoms with E-state index in [1.807, 2.05) is 6.20 Å². The summed E-state index contributed by atoms with van der Waals surface area (Å²) in [6.45, 7) is 18.4. The Morgan fingerprint density at radius 2 is 1.92 bits per heavy atom. The van der Waals surface area contributed by atoms with Crippen molar-refractivity contribution in [3.05, 3.63) is 63.6 Å². The Labute approximate surface area is 225 Å². The molecule has 0 spiro atoms. The van der Waals surface area contributed by atoms with Crippen LogP contribution < -0.4 is 5.32 Å². The lowest BCUT2D eigenvalue weighted by atomic mass is 9.89. The Morgan fingerprint density at radius 1 is 1.13 bits per heavy atom. The van der Waals surface area contributed by atoms with Gasteiger partial charge in [-0.05, 0) is 59.2 Å². The van der Waals surface area contributed by atoms with Gasteiger partial charge in [-0.15, -0.1) is 0 Å². The van der Waals surface area contributed by atoms with E-state index in [9.17, 15) is 0 Å². The van der Waals surface area contributed by atoms with Crippen molar-refractivity contribution in [2.24, 2.45) is 0 Å². The molecule has 2 aliphatic rings. The van der Waals surface area contributed by atoms with Crippen molar-refractivity contribution < 1.29 is 0 Å². The zero-order valence-corrected chi connectivity index (χ0v) is 24.2. The number of aromatic amines is 1. The summed E-state index contributed by atoms with van der Waals surface area (Å²) in [6.07, 6.45) is 6.18. The van der Waals surface area contributed by atoms with E-state index in [1.165, 1.54) is 44.7 Å². The predicted octanol–water partition coefficient (Wildman–Crippen LogP) is 5.13. The van der Waals surface area contributed by atoms with E-state index in [0.717, 1.165) is 43.9 Å². The van der Waals surface area contributed by atoms with Crippen LogP contribution in [0, 0.1) is 6.92 Å². The molecule has 202 valence electrons. The summed E-state index contributed by atoms with van der Waals surface area (Å²) < 4.78 is 4.43. The lowest BCUT2D eigenvalue weighted by Gasteiger charge is -2.35. The third-order valence-corrected chi connectivity index (χ3v) is 8.74. The second kappa shape index (κ2) is 9.06. The van der Waals surface area contributed by atoms with Crippen molar-refractivity contribution in [1.82, 2.24) is 39.7 Å². The van der Waals surface area contributed by atoms with Crippen LogP contribution in [0.15, 0.2) is 18.5 Å². The number of hydrogen-bond acceptors (Lipinski definition) is 5. The topological polar surface area (TPSA) is 79.6 Å². The maximum atomic E-state index is 5.30. The maximum Gasteiger partial charge on any atom is 0.101 e. The van der Waals surface area contributed by atoms with Crippen LogP contribution in [0.25, 0.3) is 10.9 Å². The summed E-state index contributed by atoms with van der Waals surface area (Å²) in [6, 6.07) is 2.77. The summed E-state index contributed by atoms with van der Waals surface area (Å²) in [5.41, 5.74) is 10.9. The molecule has 0 aliphatic carbocycles. The molecule has 6 rings (SSSR count). The molecule has 8 heteroatoms. The van der Waals surface area contributed by atoms with Gasteiger partial charge in [0.15, 0.2) is 0 Å². The quantitative estimate of drug-likeness (QED) is 0.386. The molecule has 0 bridgehead atoms. The van der Waals surface area contributed by atoms with Crippen molar-refractivity contribution in [1.29, 1.82) is 0 Å². The minimum absolute atomic E-state index is 0.255. The molecule has 8 nitrogen and oxygen atoms in total. The molecule has 2 N–H and O–H groups in total. The average Bonchev–Trinajstić information content (AvgIpc) is 3.57. The molecule has 6 heterocycles. The number of pyridine rings is 1. The second-order valence-electron chi connectivity index (χ2n) is 12.5. The average molecular weight is 515 g/mol. The van der Waals surface area contributed by atoms with E-state index >= 15 is 0 Å². The molecule has 38 heavy (non-hydrogen) atoms. The first-order chi connectivity index (χ1) is 18.1. The molecule has 4 aromatic rings. The Kier molecular flexibility index (Phi) is 6.03. The third kappa shape index (κ3) is 3.92. The van der Waals surface area contributed by atoms with Crippen LogP contribution in [-0.2, 0) is 31.5 Å². The Balaban J connectivity index is 1.41. The van der Waals surface area contributed by atoms with Gasteiger partial charge in [0.25, 0.3) is 0 Å². The van der Waals surface area contributed by atoms with E-state index < -0.39 is 0 Å². The molecule has 0 aromatic carbocycles. The van der Waals surface area contributed by atoms with E-state index in [4.69, 9.17) is 15.2 Å². The molecule has 0 fully saturated rings. The van der Waals surface area contributed by atoms with Gasteiger partial charge in [0.05, 0.1) is 17.4 Å². The minimum Gasteiger partial charge on any atom is -0.357 e. The maximum absolute atomic E-state index is 5.30. The fourth-order valence-electron chi connectivity index (χ4n) is 6.36. The first-order valence-corrected chi connectivity index (χ1v) is 14.1. The first kappa shape index (κ1) is 25.3. The van der Waals surface area contributed by atoms with Crippen molar-refractivity contribution >= 4 is 10.9 Å². The first-order valence-electron chi connectivity index (χ1n) is 14.1. The van der Waals surface area contributed by atoms with E-state index in [0.29, 0.717) is 5.92 Å². The highest BCUT2D eigenvalue weighted by atomic mass is 15.4. The molecule has 4 aromatic heterocycles. The fourth-order valence-corrected chi connectivity index (χ4v) is 6.36. The van der Waals surface area contributed by atoms with Crippen molar-refractivity contribution in [3.8, 4) is 0 Å². The highest BCUT2D eigenvalue weighted by Crippen LogP contribution is 2.40. The SMILES string of the molecule is Cc1c(C2Cc3c(c(C(C)(C)n4cc5c(n4)CCNC5)nn3C(C)C)CN2C)[nH]c2cc(C(C)C)ncc12. The molecule has 1 unspecified atom stereocenters. The summed E-state index contributed by atoms with van der Waals surface area (Å²) >= 11 is 0. The van der Waals surface area contributed by atoms with Gasteiger partial charge < -0.3 is 10.3 Å². The highest BCUT2D eigenvalue weighted by molar-refractivity contribution is 5.84. The summed E-state index contributed by atoms with van der Waals surface area (Å²) in [4.78, 5) is 11.0. The lowest BCUT2D eigenvalue weighted by molar-refractivity contribution is 0.206. The van der Waals surface area contributed by atoms with Crippen LogP contribution in [0.2, 0.25) is 0 Å². The van der Waals surface area contributed by atoms with Gasteiger partial charge in [0.1, 0.15) is 5.54 Å². The van der Waals surface area contributed by atoms with Crippen LogP contribution in [0.1, 0.15) is 105 Å². The Morgan fingerprint density at radius 3 is 2.63 bits per heavy atom. The zero-order chi connectivity index (χ0) is 26.9. The number of H-pyrrole nitrogens is 1. The number of hydrogen-bond donors (Lipinski definition) is 2. The van der Waals surface area contributed by atoms with Gasteiger partial charge in [-0.25, -0.2) is 0 Å². The van der Waals surface area contributed by atoms with Crippen LogP contribution in [0.5, 0.6) is 0 Å². The van der Waals surface area contributed by atoms with Gasteiger partial charge >= 0.3 is 0 Å². The van der Waals surface area contributed by atoms with Gasteiger partial charge in [0, 0.05) is 90.0 Å². The Hall–Kier alpha value is -2.97. The normalized spacial score (nSPS) is 18.5. The molecule has 0 amide bonds. The molecule has 1 atom stereocenters. The molecular weight excluding hydrogens is 472 g/mol. The summed E-state index contributed by atoms with van der Waals surface area (Å²) in [5, 5.41) is 15.0. The summed E-state index contributed by atoms with van der Waals surface area (Å²) in [5.74, 6) is 0.408. The van der Waals surface area contributed by atoms with E-state index in [1.54, 1.807) is 0 Å².